The molecule has 1 heterocycles. The first-order valence-electron chi connectivity index (χ1n) is 13.4. The largest absolute Gasteiger partial charge is 0.487 e. The first-order chi connectivity index (χ1) is 18.2. The number of benzene rings is 2. The Morgan fingerprint density at radius 2 is 1.84 bits per heavy atom. The molecule has 4 rings (SSSR count). The molecule has 38 heavy (non-hydrogen) atoms. The topological polar surface area (TPSA) is 99.2 Å². The van der Waals surface area contributed by atoms with Gasteiger partial charge < -0.3 is 20.1 Å². The van der Waals surface area contributed by atoms with E-state index >= 15 is 0 Å². The SMILES string of the molecule is C[C@H]1CN([C@@H](C)CO)S(=O)(=O)c2ccc(/C=C/c3ccccc3)cc2O[C@H]1CN(C)C(=O)NC1CCCC1. The number of hydrogen-bond acceptors (Lipinski definition) is 5. The lowest BCUT2D eigenvalue weighted by molar-refractivity contribution is 0.0808. The number of aliphatic hydroxyl groups is 1. The molecule has 0 radical (unpaired) electrons. The number of rotatable bonds is 7. The highest BCUT2D eigenvalue weighted by atomic mass is 32.2. The molecular formula is C29H39N3O5S. The first kappa shape index (κ1) is 28.1. The van der Waals surface area contributed by atoms with Gasteiger partial charge in [-0.1, -0.05) is 68.3 Å². The van der Waals surface area contributed by atoms with Gasteiger partial charge in [-0.25, -0.2) is 13.2 Å². The van der Waals surface area contributed by atoms with Crippen molar-refractivity contribution in [2.75, 3.05) is 26.7 Å². The molecule has 2 amide bonds. The number of carbonyl (C=O) groups is 1. The van der Waals surface area contributed by atoms with Crippen molar-refractivity contribution in [1.29, 1.82) is 0 Å². The molecule has 1 aliphatic carbocycles. The van der Waals surface area contributed by atoms with Gasteiger partial charge in [-0.15, -0.1) is 0 Å². The average Bonchev–Trinajstić information content (AvgIpc) is 3.42. The maximum absolute atomic E-state index is 13.7. The van der Waals surface area contributed by atoms with Crippen LogP contribution in [0.1, 0.15) is 50.7 Å². The number of carbonyl (C=O) groups excluding carboxylic acids is 1. The summed E-state index contributed by atoms with van der Waals surface area (Å²) in [5, 5.41) is 13.0. The van der Waals surface area contributed by atoms with Gasteiger partial charge in [-0.2, -0.15) is 4.31 Å². The number of ether oxygens (including phenoxy) is 1. The molecule has 2 N–H and O–H groups in total. The van der Waals surface area contributed by atoms with Crippen LogP contribution in [0.25, 0.3) is 12.2 Å². The Morgan fingerprint density at radius 3 is 2.53 bits per heavy atom. The van der Waals surface area contributed by atoms with Crippen LogP contribution in [-0.4, -0.2) is 73.7 Å². The van der Waals surface area contributed by atoms with Crippen molar-refractivity contribution in [2.24, 2.45) is 5.92 Å². The van der Waals surface area contributed by atoms with Crippen LogP contribution in [0.4, 0.5) is 4.79 Å². The minimum atomic E-state index is -3.92. The molecule has 3 atom stereocenters. The van der Waals surface area contributed by atoms with Crippen LogP contribution in [-0.2, 0) is 10.0 Å². The highest BCUT2D eigenvalue weighted by Gasteiger charge is 2.38. The second-order valence-corrected chi connectivity index (χ2v) is 12.4. The van der Waals surface area contributed by atoms with Gasteiger partial charge in [0.15, 0.2) is 0 Å². The van der Waals surface area contributed by atoms with Gasteiger partial charge in [-0.3, -0.25) is 0 Å². The van der Waals surface area contributed by atoms with Crippen molar-refractivity contribution in [2.45, 2.75) is 62.6 Å². The fraction of sp³-hybridized carbons (Fsp3) is 0.483. The summed E-state index contributed by atoms with van der Waals surface area (Å²) in [6.07, 6.45) is 7.66. The van der Waals surface area contributed by atoms with E-state index in [0.29, 0.717) is 6.54 Å². The van der Waals surface area contributed by atoms with E-state index in [0.717, 1.165) is 36.8 Å². The molecule has 0 unspecified atom stereocenters. The lowest BCUT2D eigenvalue weighted by Gasteiger charge is -2.37. The van der Waals surface area contributed by atoms with Crippen LogP contribution in [0.2, 0.25) is 0 Å². The number of hydrogen-bond donors (Lipinski definition) is 2. The molecule has 206 valence electrons. The van der Waals surface area contributed by atoms with Crippen LogP contribution in [0.5, 0.6) is 5.75 Å². The highest BCUT2D eigenvalue weighted by Crippen LogP contribution is 2.34. The van der Waals surface area contributed by atoms with Gasteiger partial charge in [-0.05, 0) is 43.0 Å². The summed E-state index contributed by atoms with van der Waals surface area (Å²) in [7, 11) is -2.18. The zero-order chi connectivity index (χ0) is 27.3. The van der Waals surface area contributed by atoms with Gasteiger partial charge in [0.25, 0.3) is 0 Å². The predicted molar refractivity (Wildman–Crippen MR) is 149 cm³/mol. The molecule has 9 heteroatoms. The minimum absolute atomic E-state index is 0.0598. The third kappa shape index (κ3) is 6.57. The van der Waals surface area contributed by atoms with E-state index in [9.17, 15) is 18.3 Å². The van der Waals surface area contributed by atoms with E-state index in [2.05, 4.69) is 5.32 Å². The number of likely N-dealkylation sites (N-methyl/N-ethyl adjacent to an activating group) is 1. The van der Waals surface area contributed by atoms with E-state index in [1.807, 2.05) is 49.4 Å². The molecule has 1 saturated carbocycles. The highest BCUT2D eigenvalue weighted by molar-refractivity contribution is 7.89. The van der Waals surface area contributed by atoms with E-state index in [-0.39, 0.29) is 41.8 Å². The number of urea groups is 1. The number of sulfonamides is 1. The van der Waals surface area contributed by atoms with Gasteiger partial charge in [0.2, 0.25) is 10.0 Å². The molecule has 2 aromatic rings. The monoisotopic (exact) mass is 541 g/mol. The maximum Gasteiger partial charge on any atom is 0.317 e. The summed E-state index contributed by atoms with van der Waals surface area (Å²) >= 11 is 0. The quantitative estimate of drug-likeness (QED) is 0.512. The number of aliphatic hydroxyl groups excluding tert-OH is 1. The lowest BCUT2D eigenvalue weighted by atomic mass is 10.0. The smallest absolute Gasteiger partial charge is 0.317 e. The normalized spacial score (nSPS) is 22.7. The Labute approximate surface area is 226 Å². The standard InChI is InChI=1S/C29H39N3O5S/c1-21-18-32(22(2)20-33)38(35,36)28-16-15-24(14-13-23-9-5-4-6-10-23)17-26(28)37-27(21)19-31(3)29(34)30-25-11-7-8-12-25/h4-6,9-10,13-17,21-22,25,27,33H,7-8,11-12,18-20H2,1-3H3,(H,30,34)/b14-13+/t21-,22-,27-/m0/s1. The van der Waals surface area contributed by atoms with Gasteiger partial charge in [0, 0.05) is 31.6 Å². The van der Waals surface area contributed by atoms with Crippen molar-refractivity contribution >= 4 is 28.2 Å². The Bertz CT molecular complexity index is 1230. The fourth-order valence-electron chi connectivity index (χ4n) is 5.03. The van der Waals surface area contributed by atoms with Crippen LogP contribution < -0.4 is 10.1 Å². The van der Waals surface area contributed by atoms with Gasteiger partial charge in [0.1, 0.15) is 16.7 Å². The van der Waals surface area contributed by atoms with Crippen LogP contribution in [0.3, 0.4) is 0 Å². The number of nitrogens with one attached hydrogen (secondary N) is 1. The molecular weight excluding hydrogens is 502 g/mol. The summed E-state index contributed by atoms with van der Waals surface area (Å²) in [5.41, 5.74) is 1.82. The third-order valence-electron chi connectivity index (χ3n) is 7.44. The molecule has 8 nitrogen and oxygen atoms in total. The zero-order valence-electron chi connectivity index (χ0n) is 22.4. The predicted octanol–water partition coefficient (Wildman–Crippen LogP) is 4.21. The van der Waals surface area contributed by atoms with E-state index < -0.39 is 22.2 Å². The minimum Gasteiger partial charge on any atom is -0.487 e. The zero-order valence-corrected chi connectivity index (χ0v) is 23.2. The summed E-state index contributed by atoms with van der Waals surface area (Å²) in [5.74, 6) is 0.00803. The Balaban J connectivity index is 1.64. The van der Waals surface area contributed by atoms with Crippen molar-refractivity contribution < 1.29 is 23.1 Å². The van der Waals surface area contributed by atoms with E-state index in [1.165, 1.54) is 4.31 Å². The van der Waals surface area contributed by atoms with Gasteiger partial charge in [0.05, 0.1) is 13.2 Å². The molecule has 2 aromatic carbocycles. The molecule has 1 fully saturated rings. The molecule has 0 aromatic heterocycles. The number of fused-ring (bicyclic) bond motifs is 1. The van der Waals surface area contributed by atoms with Crippen molar-refractivity contribution in [3.63, 3.8) is 0 Å². The Morgan fingerprint density at radius 1 is 1.16 bits per heavy atom. The van der Waals surface area contributed by atoms with E-state index in [4.69, 9.17) is 4.74 Å². The van der Waals surface area contributed by atoms with E-state index in [1.54, 1.807) is 37.1 Å². The molecule has 1 aliphatic heterocycles. The second kappa shape index (κ2) is 12.3. The number of nitrogens with zero attached hydrogens (tertiary/aromatic N) is 2. The van der Waals surface area contributed by atoms with Crippen molar-refractivity contribution in [3.8, 4) is 5.75 Å². The molecule has 2 aliphatic rings. The number of amides is 2. The summed E-state index contributed by atoms with van der Waals surface area (Å²) in [6.45, 7) is 3.78. The third-order valence-corrected chi connectivity index (χ3v) is 9.46. The van der Waals surface area contributed by atoms with Crippen LogP contribution >= 0.6 is 0 Å². The van der Waals surface area contributed by atoms with Crippen LogP contribution in [0.15, 0.2) is 53.4 Å². The van der Waals surface area contributed by atoms with Crippen LogP contribution in [0, 0.1) is 5.92 Å². The average molecular weight is 542 g/mol. The summed E-state index contributed by atoms with van der Waals surface area (Å²) in [4.78, 5) is 14.6. The fourth-order valence-corrected chi connectivity index (χ4v) is 6.85. The molecule has 0 spiro atoms. The first-order valence-corrected chi connectivity index (χ1v) is 14.8. The van der Waals surface area contributed by atoms with Crippen molar-refractivity contribution in [1.82, 2.24) is 14.5 Å². The summed E-state index contributed by atoms with van der Waals surface area (Å²) in [6, 6.07) is 14.3. The lowest BCUT2D eigenvalue weighted by Crippen LogP contribution is -2.51. The molecule has 0 saturated heterocycles. The second-order valence-electron chi connectivity index (χ2n) is 10.5. The van der Waals surface area contributed by atoms with Crippen molar-refractivity contribution in [3.05, 3.63) is 59.7 Å². The molecule has 0 bridgehead atoms. The maximum atomic E-state index is 13.7. The summed E-state index contributed by atoms with van der Waals surface area (Å²) < 4.78 is 35.1. The van der Waals surface area contributed by atoms with Gasteiger partial charge >= 0.3 is 6.03 Å². The Kier molecular flexibility index (Phi) is 9.12. The Hall–Kier alpha value is -2.88.